The summed E-state index contributed by atoms with van der Waals surface area (Å²) in [5.41, 5.74) is 4.99. The third-order valence-corrected chi connectivity index (χ3v) is 10.0. The highest BCUT2D eigenvalue weighted by Crippen LogP contribution is 2.49. The van der Waals surface area contributed by atoms with Crippen molar-refractivity contribution in [3.05, 3.63) is 71.9 Å². The van der Waals surface area contributed by atoms with Crippen molar-refractivity contribution in [2.24, 2.45) is 5.92 Å². The van der Waals surface area contributed by atoms with Gasteiger partial charge in [0.05, 0.1) is 36.2 Å². The fraction of sp³-hybridized carbons (Fsp3) is 0.455. The fourth-order valence-electron chi connectivity index (χ4n) is 7.60. The zero-order chi connectivity index (χ0) is 29.1. The van der Waals surface area contributed by atoms with Gasteiger partial charge in [0.25, 0.3) is 0 Å². The van der Waals surface area contributed by atoms with Gasteiger partial charge in [-0.2, -0.15) is 10.4 Å². The predicted octanol–water partition coefficient (Wildman–Crippen LogP) is 3.64. The summed E-state index contributed by atoms with van der Waals surface area (Å²) >= 11 is 0. The van der Waals surface area contributed by atoms with Crippen LogP contribution in [-0.2, 0) is 6.54 Å². The van der Waals surface area contributed by atoms with Crippen LogP contribution in [0.2, 0.25) is 0 Å². The molecule has 0 radical (unpaired) electrons. The molecule has 220 valence electrons. The molecule has 4 aromatic rings. The van der Waals surface area contributed by atoms with Gasteiger partial charge in [-0.25, -0.2) is 9.50 Å². The van der Waals surface area contributed by atoms with E-state index in [4.69, 9.17) is 14.5 Å². The van der Waals surface area contributed by atoms with E-state index in [0.29, 0.717) is 47.7 Å². The van der Waals surface area contributed by atoms with E-state index >= 15 is 0 Å². The number of piperidine rings is 2. The summed E-state index contributed by atoms with van der Waals surface area (Å²) < 4.78 is 13.1. The van der Waals surface area contributed by atoms with Gasteiger partial charge < -0.3 is 14.6 Å². The lowest BCUT2D eigenvalue weighted by Gasteiger charge is -2.55. The number of nitrogens with zero attached hydrogens (tertiary/aromatic N) is 7. The largest absolute Gasteiger partial charge is 0.491 e. The van der Waals surface area contributed by atoms with Gasteiger partial charge in [-0.05, 0) is 43.4 Å². The molecule has 1 N–H and O–H groups in total. The van der Waals surface area contributed by atoms with Crippen LogP contribution in [0.1, 0.15) is 48.4 Å². The number of aliphatic hydroxyl groups is 1. The van der Waals surface area contributed by atoms with E-state index in [-0.39, 0.29) is 0 Å². The van der Waals surface area contributed by atoms with Crippen molar-refractivity contribution in [1.29, 1.82) is 5.26 Å². The summed E-state index contributed by atoms with van der Waals surface area (Å²) in [7, 11) is 1.64. The summed E-state index contributed by atoms with van der Waals surface area (Å²) in [5, 5.41) is 24.5. The first-order chi connectivity index (χ1) is 21.0. The van der Waals surface area contributed by atoms with Gasteiger partial charge in [0.1, 0.15) is 18.4 Å². The van der Waals surface area contributed by atoms with Crippen LogP contribution in [0.15, 0.2) is 55.1 Å². The number of likely N-dealkylation sites (tertiary alicyclic amines) is 1. The van der Waals surface area contributed by atoms with Crippen LogP contribution in [0.4, 0.5) is 0 Å². The molecule has 5 fully saturated rings. The lowest BCUT2D eigenvalue weighted by molar-refractivity contribution is -0.0442. The quantitative estimate of drug-likeness (QED) is 0.319. The minimum absolute atomic E-state index is 0.426. The molecule has 10 nitrogen and oxygen atoms in total. The average Bonchev–Trinajstić information content (AvgIpc) is 3.33. The number of ether oxygens (including phenoxy) is 2. The van der Waals surface area contributed by atoms with Gasteiger partial charge >= 0.3 is 0 Å². The monoisotopic (exact) mass is 577 g/mol. The summed E-state index contributed by atoms with van der Waals surface area (Å²) in [4.78, 5) is 14.2. The standard InChI is InChI=1S/C33H35N7O3/c1-42-31-5-2-21(14-36-31)17-39-26-8-23(9-27(39)10-26)30-4-3-22(15-35-30)29-11-28(19-40-32(29)24(13-34)16-37-40)43-7-6-38-18-25-12-33(25,41)20-38/h2-5,11,14-16,19,23,25-27,41H,6-10,12,17-18,20H2,1H3. The number of hydrogen-bond donors (Lipinski definition) is 1. The summed E-state index contributed by atoms with van der Waals surface area (Å²) in [6.07, 6.45) is 11.7. The number of aromatic nitrogens is 4. The molecule has 5 aliphatic rings. The molecule has 7 heterocycles. The minimum Gasteiger partial charge on any atom is -0.491 e. The molecule has 3 saturated heterocycles. The number of pyridine rings is 3. The Bertz CT molecular complexity index is 1690. The highest BCUT2D eigenvalue weighted by Gasteiger charge is 2.58. The Morgan fingerprint density at radius 2 is 1.98 bits per heavy atom. The first kappa shape index (κ1) is 26.6. The smallest absolute Gasteiger partial charge is 0.212 e. The molecule has 10 heteroatoms. The van der Waals surface area contributed by atoms with E-state index in [1.807, 2.05) is 30.7 Å². The van der Waals surface area contributed by atoms with Crippen molar-refractivity contribution in [1.82, 2.24) is 29.4 Å². The Balaban J connectivity index is 0.958. The zero-order valence-electron chi connectivity index (χ0n) is 24.3. The van der Waals surface area contributed by atoms with Crippen LogP contribution in [0.25, 0.3) is 16.6 Å². The van der Waals surface area contributed by atoms with Crippen LogP contribution in [0, 0.1) is 17.2 Å². The fourth-order valence-corrected chi connectivity index (χ4v) is 7.60. The topological polar surface area (TPSA) is 112 Å². The number of fused-ring (bicyclic) bond motifs is 4. The molecule has 43 heavy (non-hydrogen) atoms. The summed E-state index contributed by atoms with van der Waals surface area (Å²) in [6.45, 7) is 3.88. The number of methoxy groups -OCH3 is 1. The second-order valence-corrected chi connectivity index (χ2v) is 12.7. The Morgan fingerprint density at radius 1 is 1.09 bits per heavy atom. The van der Waals surface area contributed by atoms with Crippen molar-refractivity contribution in [2.45, 2.75) is 55.8 Å². The highest BCUT2D eigenvalue weighted by atomic mass is 16.5. The molecule has 3 aliphatic heterocycles. The average molecular weight is 578 g/mol. The van der Waals surface area contributed by atoms with Crippen LogP contribution >= 0.6 is 0 Å². The van der Waals surface area contributed by atoms with Crippen LogP contribution in [0.3, 0.4) is 0 Å². The van der Waals surface area contributed by atoms with E-state index < -0.39 is 5.60 Å². The molecule has 4 aromatic heterocycles. The maximum absolute atomic E-state index is 10.3. The van der Waals surface area contributed by atoms with E-state index in [2.05, 4.69) is 44.2 Å². The van der Waals surface area contributed by atoms with E-state index in [1.165, 1.54) is 12.0 Å². The van der Waals surface area contributed by atoms with Gasteiger partial charge in [-0.1, -0.05) is 12.1 Å². The number of β-amino-alcohol motifs (C(OH)–C–C–N with tert-alkyl or cyclic N) is 1. The van der Waals surface area contributed by atoms with Crippen molar-refractivity contribution in [3.8, 4) is 28.8 Å². The summed E-state index contributed by atoms with van der Waals surface area (Å²) in [5.74, 6) is 2.21. The molecular weight excluding hydrogens is 542 g/mol. The van der Waals surface area contributed by atoms with Gasteiger partial charge in [0.2, 0.25) is 5.88 Å². The molecular formula is C33H35N7O3. The van der Waals surface area contributed by atoms with E-state index in [9.17, 15) is 10.4 Å². The van der Waals surface area contributed by atoms with Crippen LogP contribution < -0.4 is 9.47 Å². The molecule has 0 spiro atoms. The van der Waals surface area contributed by atoms with Crippen molar-refractivity contribution in [3.63, 3.8) is 0 Å². The lowest BCUT2D eigenvalue weighted by Crippen LogP contribution is -2.59. The molecule has 4 unspecified atom stereocenters. The van der Waals surface area contributed by atoms with Crippen molar-refractivity contribution < 1.29 is 14.6 Å². The molecule has 2 saturated carbocycles. The molecule has 0 aromatic carbocycles. The Labute approximate surface area is 250 Å². The number of nitriles is 1. The van der Waals surface area contributed by atoms with E-state index in [1.54, 1.807) is 17.8 Å². The maximum atomic E-state index is 10.3. The third-order valence-electron chi connectivity index (χ3n) is 10.0. The predicted molar refractivity (Wildman–Crippen MR) is 159 cm³/mol. The van der Waals surface area contributed by atoms with Crippen LogP contribution in [-0.4, -0.2) is 85.5 Å². The molecule has 4 atom stereocenters. The Morgan fingerprint density at radius 3 is 2.67 bits per heavy atom. The maximum Gasteiger partial charge on any atom is 0.212 e. The van der Waals surface area contributed by atoms with Gasteiger partial charge in [0.15, 0.2) is 0 Å². The lowest BCUT2D eigenvalue weighted by atomic mass is 9.72. The van der Waals surface area contributed by atoms with E-state index in [0.717, 1.165) is 67.8 Å². The zero-order valence-corrected chi connectivity index (χ0v) is 24.3. The Kier molecular flexibility index (Phi) is 6.37. The molecule has 0 amide bonds. The minimum atomic E-state index is -0.458. The van der Waals surface area contributed by atoms with Gasteiger partial charge in [-0.3, -0.25) is 14.8 Å². The van der Waals surface area contributed by atoms with Crippen LogP contribution in [0.5, 0.6) is 11.6 Å². The molecule has 2 aliphatic carbocycles. The first-order valence-electron chi connectivity index (χ1n) is 15.2. The SMILES string of the molecule is COc1ccc(CN2C3CC(c4ccc(-c5cc(OCCN6CC7CC7(O)C6)cn6ncc(C#N)c56)cn4)CC2C3)cn1. The number of rotatable bonds is 9. The number of hydrogen-bond acceptors (Lipinski definition) is 9. The van der Waals surface area contributed by atoms with Gasteiger partial charge in [0, 0.05) is 85.4 Å². The normalized spacial score (nSPS) is 27.8. The Hall–Kier alpha value is -4.04. The summed E-state index contributed by atoms with van der Waals surface area (Å²) in [6, 6.07) is 13.7. The second kappa shape index (κ2) is 10.3. The second-order valence-electron chi connectivity index (χ2n) is 12.7. The highest BCUT2D eigenvalue weighted by molar-refractivity contribution is 5.85. The third kappa shape index (κ3) is 4.82. The molecule has 2 bridgehead atoms. The first-order valence-corrected chi connectivity index (χ1v) is 15.2. The van der Waals surface area contributed by atoms with Crippen molar-refractivity contribution in [2.75, 3.05) is 33.4 Å². The van der Waals surface area contributed by atoms with Crippen molar-refractivity contribution >= 4 is 5.52 Å². The van der Waals surface area contributed by atoms with Gasteiger partial charge in [-0.15, -0.1) is 0 Å². The molecule has 9 rings (SSSR count).